The molecule has 0 aromatic rings. The van der Waals surface area contributed by atoms with Gasteiger partial charge in [-0.15, -0.1) is 0 Å². The van der Waals surface area contributed by atoms with E-state index in [1.54, 1.807) is 0 Å². The minimum Gasteiger partial charge on any atom is -0.230 e. The molecule has 0 saturated carbocycles. The summed E-state index contributed by atoms with van der Waals surface area (Å²) in [5.74, 6) is -2.90. The van der Waals surface area contributed by atoms with Gasteiger partial charge in [-0.05, 0) is 0 Å². The molecule has 0 rings (SSSR count). The third-order valence-electron chi connectivity index (χ3n) is 0.831. The second-order valence-corrected chi connectivity index (χ2v) is 1.98. The van der Waals surface area contributed by atoms with E-state index in [4.69, 9.17) is 0 Å². The molecule has 0 aromatic heterocycles. The van der Waals surface area contributed by atoms with Crippen LogP contribution in [-0.2, 0) is 0 Å². The van der Waals surface area contributed by atoms with Crippen molar-refractivity contribution in [2.45, 2.75) is 18.5 Å². The lowest BCUT2D eigenvalue weighted by Gasteiger charge is -2.10. The van der Waals surface area contributed by atoms with Crippen molar-refractivity contribution in [2.75, 3.05) is 0 Å². The van der Waals surface area contributed by atoms with Crippen molar-refractivity contribution < 1.29 is 35.1 Å². The van der Waals surface area contributed by atoms with Gasteiger partial charge in [0, 0.05) is 0 Å². The molecule has 0 aliphatic heterocycles. The topological polar surface area (TPSA) is 0 Å². The van der Waals surface area contributed by atoms with Gasteiger partial charge < -0.3 is 0 Å². The molecule has 1 atom stereocenters. The Morgan fingerprint density at radius 2 is 1.38 bits per heavy atom. The molecule has 0 heterocycles. The number of alkyl halides is 7. The summed E-state index contributed by atoms with van der Waals surface area (Å²) in [6.07, 6.45) is -16.6. The fourth-order valence-electron chi connectivity index (χ4n) is 0.386. The van der Waals surface area contributed by atoms with Crippen LogP contribution in [0.1, 0.15) is 0 Å². The van der Waals surface area contributed by atoms with E-state index in [0.29, 0.717) is 0 Å². The number of rotatable bonds is 1. The third kappa shape index (κ3) is 4.69. The Hall–Kier alpha value is -0.820. The summed E-state index contributed by atoms with van der Waals surface area (Å²) in [7, 11) is 0. The van der Waals surface area contributed by atoms with Crippen molar-refractivity contribution in [1.82, 2.24) is 0 Å². The molecular formula is C5H2F8. The van der Waals surface area contributed by atoms with Crippen LogP contribution in [0.25, 0.3) is 0 Å². The van der Waals surface area contributed by atoms with E-state index < -0.39 is 30.4 Å². The highest BCUT2D eigenvalue weighted by Crippen LogP contribution is 2.31. The van der Waals surface area contributed by atoms with Crippen molar-refractivity contribution in [3.05, 3.63) is 11.9 Å². The van der Waals surface area contributed by atoms with Gasteiger partial charge in [0.1, 0.15) is 5.83 Å². The molecule has 0 fully saturated rings. The SMILES string of the molecule is F/C(=C/C(F)(F)F)C(F)C(F)(F)F. The van der Waals surface area contributed by atoms with Crippen molar-refractivity contribution in [1.29, 1.82) is 0 Å². The molecule has 0 radical (unpaired) electrons. The van der Waals surface area contributed by atoms with Gasteiger partial charge in [-0.25, -0.2) is 8.78 Å². The molecule has 78 valence electrons. The Morgan fingerprint density at radius 3 is 1.62 bits per heavy atom. The second kappa shape index (κ2) is 3.51. The number of hydrogen-bond donors (Lipinski definition) is 0. The molecule has 0 aromatic carbocycles. The van der Waals surface area contributed by atoms with Crippen LogP contribution < -0.4 is 0 Å². The predicted octanol–water partition coefficient (Wildman–Crippen LogP) is 3.30. The molecule has 0 aliphatic carbocycles. The third-order valence-corrected chi connectivity index (χ3v) is 0.831. The van der Waals surface area contributed by atoms with Gasteiger partial charge in [0.15, 0.2) is 0 Å². The summed E-state index contributed by atoms with van der Waals surface area (Å²) in [5, 5.41) is 0. The van der Waals surface area contributed by atoms with Gasteiger partial charge in [0.05, 0.1) is 6.08 Å². The lowest BCUT2D eigenvalue weighted by atomic mass is 10.3. The Morgan fingerprint density at radius 1 is 1.00 bits per heavy atom. The van der Waals surface area contributed by atoms with Crippen molar-refractivity contribution in [2.24, 2.45) is 0 Å². The fourth-order valence-corrected chi connectivity index (χ4v) is 0.386. The van der Waals surface area contributed by atoms with Crippen LogP contribution >= 0.6 is 0 Å². The average molecular weight is 214 g/mol. The minimum absolute atomic E-state index is 1.37. The van der Waals surface area contributed by atoms with Gasteiger partial charge in [0.25, 0.3) is 0 Å². The average Bonchev–Trinajstić information content (AvgIpc) is 1.79. The van der Waals surface area contributed by atoms with Gasteiger partial charge in [-0.1, -0.05) is 0 Å². The number of allylic oxidation sites excluding steroid dienone is 2. The summed E-state index contributed by atoms with van der Waals surface area (Å²) in [6.45, 7) is 0. The predicted molar refractivity (Wildman–Crippen MR) is 26.2 cm³/mol. The molecule has 1 unspecified atom stereocenters. The summed E-state index contributed by atoms with van der Waals surface area (Å²) in [4.78, 5) is 0. The molecule has 0 amide bonds. The van der Waals surface area contributed by atoms with E-state index in [1.807, 2.05) is 0 Å². The van der Waals surface area contributed by atoms with Crippen LogP contribution in [-0.4, -0.2) is 18.5 Å². The first kappa shape index (κ1) is 12.2. The molecule has 0 aliphatic rings. The van der Waals surface area contributed by atoms with Crippen LogP contribution in [0.15, 0.2) is 11.9 Å². The van der Waals surface area contributed by atoms with E-state index >= 15 is 0 Å². The smallest absolute Gasteiger partial charge is 0.230 e. The summed E-state index contributed by atoms with van der Waals surface area (Å²) in [6, 6.07) is 0. The highest BCUT2D eigenvalue weighted by Gasteiger charge is 2.45. The number of halogens is 8. The summed E-state index contributed by atoms with van der Waals surface area (Å²) < 4.78 is 91.0. The summed E-state index contributed by atoms with van der Waals surface area (Å²) in [5.41, 5.74) is 0. The Labute approximate surface area is 66.8 Å². The van der Waals surface area contributed by atoms with Crippen LogP contribution in [0.3, 0.4) is 0 Å². The molecule has 0 nitrogen and oxygen atoms in total. The van der Waals surface area contributed by atoms with Gasteiger partial charge in [0.2, 0.25) is 6.17 Å². The molecule has 8 heteroatoms. The van der Waals surface area contributed by atoms with E-state index in [1.165, 1.54) is 0 Å². The Bertz CT molecular complexity index is 196. The first-order valence-corrected chi connectivity index (χ1v) is 2.70. The molecule has 0 bridgehead atoms. The van der Waals surface area contributed by atoms with Crippen molar-refractivity contribution >= 4 is 0 Å². The van der Waals surface area contributed by atoms with E-state index in [2.05, 4.69) is 0 Å². The van der Waals surface area contributed by atoms with E-state index in [-0.39, 0.29) is 0 Å². The van der Waals surface area contributed by atoms with Crippen LogP contribution in [0, 0.1) is 0 Å². The molecule has 0 N–H and O–H groups in total. The van der Waals surface area contributed by atoms with Crippen molar-refractivity contribution in [3.63, 3.8) is 0 Å². The van der Waals surface area contributed by atoms with Crippen LogP contribution in [0.5, 0.6) is 0 Å². The Balaban J connectivity index is 4.62. The Kier molecular flexibility index (Phi) is 3.28. The monoisotopic (exact) mass is 214 g/mol. The first-order valence-electron chi connectivity index (χ1n) is 2.70. The maximum absolute atomic E-state index is 11.8. The standard InChI is InChI=1S/C5H2F8/c6-2(1-4(8,9)10)3(7)5(11,12)13/h1,3H/b2-1+. The highest BCUT2D eigenvalue weighted by atomic mass is 19.4. The first-order chi connectivity index (χ1) is 5.54. The van der Waals surface area contributed by atoms with E-state index in [9.17, 15) is 35.1 Å². The largest absolute Gasteiger partial charge is 0.426 e. The maximum Gasteiger partial charge on any atom is 0.426 e. The highest BCUT2D eigenvalue weighted by molar-refractivity contribution is 5.05. The molecule has 0 saturated heterocycles. The molecule has 0 spiro atoms. The summed E-state index contributed by atoms with van der Waals surface area (Å²) >= 11 is 0. The minimum atomic E-state index is -5.66. The van der Waals surface area contributed by atoms with Crippen LogP contribution in [0.2, 0.25) is 0 Å². The fraction of sp³-hybridized carbons (Fsp3) is 0.600. The van der Waals surface area contributed by atoms with Gasteiger partial charge in [-0.3, -0.25) is 0 Å². The van der Waals surface area contributed by atoms with Gasteiger partial charge in [-0.2, -0.15) is 26.3 Å². The molecule has 13 heavy (non-hydrogen) atoms. The molecular weight excluding hydrogens is 212 g/mol. The maximum atomic E-state index is 11.8. The lowest BCUT2D eigenvalue weighted by molar-refractivity contribution is -0.174. The normalized spacial score (nSPS) is 17.4. The van der Waals surface area contributed by atoms with E-state index in [0.717, 1.165) is 0 Å². The van der Waals surface area contributed by atoms with Gasteiger partial charge >= 0.3 is 12.4 Å². The van der Waals surface area contributed by atoms with Crippen LogP contribution in [0.4, 0.5) is 35.1 Å². The number of hydrogen-bond acceptors (Lipinski definition) is 0. The zero-order valence-corrected chi connectivity index (χ0v) is 5.68. The zero-order chi connectivity index (χ0) is 10.9. The zero-order valence-electron chi connectivity index (χ0n) is 5.68. The van der Waals surface area contributed by atoms with Crippen molar-refractivity contribution in [3.8, 4) is 0 Å². The lowest BCUT2D eigenvalue weighted by Crippen LogP contribution is -2.25. The second-order valence-electron chi connectivity index (χ2n) is 1.98. The quantitative estimate of drug-likeness (QED) is 0.587.